The first-order valence-corrected chi connectivity index (χ1v) is 8.33. The van der Waals surface area contributed by atoms with Gasteiger partial charge in [-0.25, -0.2) is 4.68 Å². The number of rotatable bonds is 5. The average Bonchev–Trinajstić information content (AvgIpc) is 2.99. The van der Waals surface area contributed by atoms with E-state index in [0.717, 1.165) is 11.3 Å². The number of H-pyrrole nitrogens is 1. The van der Waals surface area contributed by atoms with E-state index in [1.165, 1.54) is 0 Å². The highest BCUT2D eigenvalue weighted by Gasteiger charge is 2.19. The van der Waals surface area contributed by atoms with Crippen LogP contribution in [0.3, 0.4) is 0 Å². The van der Waals surface area contributed by atoms with Crippen molar-refractivity contribution in [3.05, 3.63) is 46.4 Å². The Hall–Kier alpha value is -2.83. The van der Waals surface area contributed by atoms with E-state index in [2.05, 4.69) is 20.4 Å². The van der Waals surface area contributed by atoms with Gasteiger partial charge in [0.25, 0.3) is 5.56 Å². The molecule has 0 amide bonds. The third-order valence-corrected chi connectivity index (χ3v) is 3.79. The molecule has 0 aliphatic heterocycles. The first kappa shape index (κ1) is 17.0. The highest BCUT2D eigenvalue weighted by atomic mass is 16.5. The number of benzene rings is 1. The maximum Gasteiger partial charge on any atom is 0.263 e. The summed E-state index contributed by atoms with van der Waals surface area (Å²) in [5.74, 6) is 1.23. The minimum Gasteiger partial charge on any atom is -0.494 e. The number of nitrogens with zero attached hydrogens (tertiary/aromatic N) is 3. The molecule has 0 bridgehead atoms. The lowest BCUT2D eigenvalue weighted by atomic mass is 10.1. The third kappa shape index (κ3) is 3.50. The van der Waals surface area contributed by atoms with E-state index in [1.807, 2.05) is 52.0 Å². The zero-order chi connectivity index (χ0) is 18.0. The minimum atomic E-state index is -0.263. The summed E-state index contributed by atoms with van der Waals surface area (Å²) in [7, 11) is 0. The molecule has 2 aromatic heterocycles. The highest BCUT2D eigenvalue weighted by Crippen LogP contribution is 2.20. The molecule has 0 aliphatic carbocycles. The largest absolute Gasteiger partial charge is 0.494 e. The molecular formula is C18H23N5O2. The molecular weight excluding hydrogens is 318 g/mol. The van der Waals surface area contributed by atoms with Crippen LogP contribution in [0, 0.1) is 0 Å². The second kappa shape index (κ2) is 6.58. The summed E-state index contributed by atoms with van der Waals surface area (Å²) in [5.41, 5.74) is 1.09. The first-order chi connectivity index (χ1) is 11.9. The zero-order valence-electron chi connectivity index (χ0n) is 15.0. The Bertz CT molecular complexity index is 937. The fourth-order valence-electron chi connectivity index (χ4n) is 2.62. The Kier molecular flexibility index (Phi) is 4.48. The Morgan fingerprint density at radius 3 is 2.76 bits per heavy atom. The quantitative estimate of drug-likeness (QED) is 0.745. The van der Waals surface area contributed by atoms with Gasteiger partial charge in [-0.15, -0.1) is 0 Å². The van der Waals surface area contributed by atoms with Crippen molar-refractivity contribution in [2.45, 2.75) is 39.8 Å². The second-order valence-corrected chi connectivity index (χ2v) is 6.77. The molecule has 0 saturated carbocycles. The van der Waals surface area contributed by atoms with Crippen LogP contribution in [0.25, 0.3) is 11.0 Å². The smallest absolute Gasteiger partial charge is 0.263 e. The maximum absolute atomic E-state index is 12.3. The lowest BCUT2D eigenvalue weighted by Crippen LogP contribution is -2.24. The fraction of sp³-hybridized carbons (Fsp3) is 0.389. The number of para-hydroxylation sites is 1. The van der Waals surface area contributed by atoms with Gasteiger partial charge in [0.15, 0.2) is 5.65 Å². The number of hydrogen-bond acceptors (Lipinski definition) is 5. The van der Waals surface area contributed by atoms with Crippen LogP contribution in [0.4, 0.5) is 5.95 Å². The molecule has 3 aromatic rings. The van der Waals surface area contributed by atoms with Crippen molar-refractivity contribution >= 4 is 17.0 Å². The van der Waals surface area contributed by atoms with Gasteiger partial charge in [0.1, 0.15) is 11.1 Å². The van der Waals surface area contributed by atoms with Crippen LogP contribution in [-0.4, -0.2) is 26.4 Å². The minimum absolute atomic E-state index is 0.207. The summed E-state index contributed by atoms with van der Waals surface area (Å²) in [5, 5.41) is 7.97. The van der Waals surface area contributed by atoms with Crippen molar-refractivity contribution in [2.75, 3.05) is 11.9 Å². The van der Waals surface area contributed by atoms with E-state index >= 15 is 0 Å². The number of aromatic amines is 1. The van der Waals surface area contributed by atoms with Crippen molar-refractivity contribution in [2.24, 2.45) is 0 Å². The summed E-state index contributed by atoms with van der Waals surface area (Å²) < 4.78 is 7.39. The van der Waals surface area contributed by atoms with Gasteiger partial charge in [0, 0.05) is 12.1 Å². The number of nitrogens with one attached hydrogen (secondary N) is 2. The van der Waals surface area contributed by atoms with Crippen LogP contribution in [0.2, 0.25) is 0 Å². The van der Waals surface area contributed by atoms with Crippen LogP contribution in [0.1, 0.15) is 33.3 Å². The van der Waals surface area contributed by atoms with Crippen LogP contribution in [-0.2, 0) is 12.1 Å². The fourth-order valence-corrected chi connectivity index (χ4v) is 2.62. The summed E-state index contributed by atoms with van der Waals surface area (Å²) in [6.07, 6.45) is 1.56. The van der Waals surface area contributed by atoms with Gasteiger partial charge in [-0.3, -0.25) is 9.78 Å². The number of aromatic nitrogens is 4. The maximum atomic E-state index is 12.3. The molecule has 2 N–H and O–H groups in total. The highest BCUT2D eigenvalue weighted by molar-refractivity contribution is 5.74. The van der Waals surface area contributed by atoms with Gasteiger partial charge in [-0.2, -0.15) is 10.1 Å². The molecule has 0 spiro atoms. The first-order valence-electron chi connectivity index (χ1n) is 8.33. The molecule has 1 aromatic carbocycles. The van der Waals surface area contributed by atoms with Crippen molar-refractivity contribution in [1.82, 2.24) is 19.7 Å². The summed E-state index contributed by atoms with van der Waals surface area (Å²) in [4.78, 5) is 19.6. The van der Waals surface area contributed by atoms with E-state index in [-0.39, 0.29) is 11.1 Å². The summed E-state index contributed by atoms with van der Waals surface area (Å²) in [6, 6.07) is 7.79. The lowest BCUT2D eigenvalue weighted by molar-refractivity contribution is 0.337. The van der Waals surface area contributed by atoms with Gasteiger partial charge >= 0.3 is 0 Å². The van der Waals surface area contributed by atoms with Crippen LogP contribution >= 0.6 is 0 Å². The molecule has 3 rings (SSSR count). The number of anilines is 1. The molecule has 0 atom stereocenters. The molecule has 25 heavy (non-hydrogen) atoms. The molecule has 0 saturated heterocycles. The predicted octanol–water partition coefficient (Wildman–Crippen LogP) is 2.89. The monoisotopic (exact) mass is 341 g/mol. The topological polar surface area (TPSA) is 84.8 Å². The normalized spacial score (nSPS) is 11.7. The van der Waals surface area contributed by atoms with E-state index in [9.17, 15) is 4.79 Å². The Morgan fingerprint density at radius 1 is 1.28 bits per heavy atom. The number of fused-ring (bicyclic) bond motifs is 1. The SMILES string of the molecule is CCOc1ccccc1CNc1nc2c(cnn2C(C)(C)C)c(=O)[nH]1. The molecule has 2 heterocycles. The molecule has 0 radical (unpaired) electrons. The van der Waals surface area contributed by atoms with E-state index < -0.39 is 0 Å². The van der Waals surface area contributed by atoms with Gasteiger partial charge in [0.05, 0.1) is 18.3 Å². The van der Waals surface area contributed by atoms with E-state index in [1.54, 1.807) is 10.9 Å². The van der Waals surface area contributed by atoms with Crippen molar-refractivity contribution in [3.8, 4) is 5.75 Å². The third-order valence-electron chi connectivity index (χ3n) is 3.79. The molecule has 132 valence electrons. The molecule has 0 fully saturated rings. The predicted molar refractivity (Wildman–Crippen MR) is 98.1 cm³/mol. The Morgan fingerprint density at radius 2 is 2.04 bits per heavy atom. The molecule has 7 nitrogen and oxygen atoms in total. The average molecular weight is 341 g/mol. The summed E-state index contributed by atoms with van der Waals surface area (Å²) >= 11 is 0. The molecule has 0 unspecified atom stereocenters. The lowest BCUT2D eigenvalue weighted by Gasteiger charge is -2.19. The van der Waals surface area contributed by atoms with Crippen molar-refractivity contribution in [3.63, 3.8) is 0 Å². The van der Waals surface area contributed by atoms with Crippen LogP contribution in [0.15, 0.2) is 35.3 Å². The van der Waals surface area contributed by atoms with Gasteiger partial charge in [0.2, 0.25) is 5.95 Å². The number of ether oxygens (including phenoxy) is 1. The standard InChI is InChI=1S/C18H23N5O2/c1-5-25-14-9-7-6-8-12(14)10-19-17-21-15-13(16(24)22-17)11-20-23(15)18(2,3)4/h6-9,11H,5,10H2,1-4H3,(H2,19,21,22,24). The number of hydrogen-bond donors (Lipinski definition) is 2. The van der Waals surface area contributed by atoms with Gasteiger partial charge < -0.3 is 10.1 Å². The second-order valence-electron chi connectivity index (χ2n) is 6.77. The Labute approximate surface area is 146 Å². The zero-order valence-corrected chi connectivity index (χ0v) is 15.0. The van der Waals surface area contributed by atoms with Gasteiger partial charge in [-0.05, 0) is 33.8 Å². The van der Waals surface area contributed by atoms with Gasteiger partial charge in [-0.1, -0.05) is 18.2 Å². The van der Waals surface area contributed by atoms with Crippen LogP contribution in [0.5, 0.6) is 5.75 Å². The van der Waals surface area contributed by atoms with E-state index in [4.69, 9.17) is 4.74 Å². The molecule has 7 heteroatoms. The summed E-state index contributed by atoms with van der Waals surface area (Å²) in [6.45, 7) is 9.11. The van der Waals surface area contributed by atoms with E-state index in [0.29, 0.717) is 30.1 Å². The van der Waals surface area contributed by atoms with Crippen molar-refractivity contribution in [1.29, 1.82) is 0 Å². The molecule has 0 aliphatic rings. The van der Waals surface area contributed by atoms with Crippen LogP contribution < -0.4 is 15.6 Å². The van der Waals surface area contributed by atoms with Crippen molar-refractivity contribution < 1.29 is 4.74 Å². The Balaban J connectivity index is 1.91.